The number of hydrogen-bond donors (Lipinski definition) is 2. The molecule has 0 amide bonds. The fourth-order valence-electron chi connectivity index (χ4n) is 2.35. The first kappa shape index (κ1) is 11.6. The second kappa shape index (κ2) is 4.52. The van der Waals surface area contributed by atoms with Gasteiger partial charge < -0.3 is 10.2 Å². The van der Waals surface area contributed by atoms with E-state index in [0.717, 1.165) is 18.4 Å². The Balaban J connectivity index is 2.01. The third-order valence-electron chi connectivity index (χ3n) is 3.43. The van der Waals surface area contributed by atoms with Gasteiger partial charge in [0.25, 0.3) is 0 Å². The van der Waals surface area contributed by atoms with Crippen LogP contribution in [0.25, 0.3) is 0 Å². The molecule has 2 N–H and O–H groups in total. The number of benzene rings is 1. The minimum Gasteiger partial charge on any atom is -0.390 e. The molecule has 0 aromatic heterocycles. The topological polar surface area (TPSA) is 40.5 Å². The monoisotopic (exact) mass is 224 g/mol. The predicted octanol–water partition coefficient (Wildman–Crippen LogP) is 2.03. The summed E-state index contributed by atoms with van der Waals surface area (Å²) in [4.78, 5) is 0. The fourth-order valence-corrected chi connectivity index (χ4v) is 2.35. The Morgan fingerprint density at radius 1 is 1.19 bits per heavy atom. The summed E-state index contributed by atoms with van der Waals surface area (Å²) in [6, 6.07) is 6.05. The summed E-state index contributed by atoms with van der Waals surface area (Å²) in [7, 11) is 0. The fraction of sp³-hybridized carbons (Fsp3) is 0.538. The van der Waals surface area contributed by atoms with Crippen molar-refractivity contribution >= 4 is 0 Å². The Morgan fingerprint density at radius 2 is 1.75 bits per heavy atom. The molecule has 0 aliphatic heterocycles. The number of halogens is 1. The van der Waals surface area contributed by atoms with Crippen LogP contribution in [-0.2, 0) is 6.42 Å². The van der Waals surface area contributed by atoms with Crippen molar-refractivity contribution in [3.63, 3.8) is 0 Å². The molecular formula is C13H17FO2. The Morgan fingerprint density at radius 3 is 2.31 bits per heavy atom. The van der Waals surface area contributed by atoms with Crippen molar-refractivity contribution in [1.29, 1.82) is 0 Å². The maximum atomic E-state index is 12.7. The van der Waals surface area contributed by atoms with Crippen LogP contribution < -0.4 is 0 Å². The molecule has 3 heteroatoms. The summed E-state index contributed by atoms with van der Waals surface area (Å²) >= 11 is 0. The molecule has 16 heavy (non-hydrogen) atoms. The molecule has 1 aliphatic carbocycles. The lowest BCUT2D eigenvalue weighted by atomic mass is 9.90. The van der Waals surface area contributed by atoms with E-state index in [1.54, 1.807) is 12.1 Å². The van der Waals surface area contributed by atoms with Gasteiger partial charge in [0, 0.05) is 6.42 Å². The van der Waals surface area contributed by atoms with E-state index in [4.69, 9.17) is 0 Å². The highest BCUT2D eigenvalue weighted by molar-refractivity contribution is 5.17. The van der Waals surface area contributed by atoms with Crippen molar-refractivity contribution in [3.05, 3.63) is 35.6 Å². The maximum absolute atomic E-state index is 12.7. The van der Waals surface area contributed by atoms with Crippen molar-refractivity contribution in [3.8, 4) is 0 Å². The van der Waals surface area contributed by atoms with Gasteiger partial charge in [0.15, 0.2) is 0 Å². The zero-order valence-corrected chi connectivity index (χ0v) is 9.19. The van der Waals surface area contributed by atoms with Crippen LogP contribution in [0.3, 0.4) is 0 Å². The molecule has 1 atom stereocenters. The van der Waals surface area contributed by atoms with Crippen LogP contribution in [0.4, 0.5) is 4.39 Å². The lowest BCUT2D eigenvalue weighted by molar-refractivity contribution is -0.0689. The first-order valence-corrected chi connectivity index (χ1v) is 5.75. The molecule has 0 saturated heterocycles. The quantitative estimate of drug-likeness (QED) is 0.824. The zero-order chi connectivity index (χ0) is 11.6. The van der Waals surface area contributed by atoms with Crippen LogP contribution in [0.15, 0.2) is 24.3 Å². The highest BCUT2D eigenvalue weighted by atomic mass is 19.1. The Hall–Kier alpha value is -0.930. The molecule has 1 aliphatic rings. The van der Waals surface area contributed by atoms with E-state index in [9.17, 15) is 14.6 Å². The third-order valence-corrected chi connectivity index (χ3v) is 3.43. The molecule has 1 unspecified atom stereocenters. The lowest BCUT2D eigenvalue weighted by Gasteiger charge is -2.28. The predicted molar refractivity (Wildman–Crippen MR) is 59.5 cm³/mol. The van der Waals surface area contributed by atoms with E-state index in [1.165, 1.54) is 12.1 Å². The highest BCUT2D eigenvalue weighted by Crippen LogP contribution is 2.33. The van der Waals surface area contributed by atoms with E-state index >= 15 is 0 Å². The van der Waals surface area contributed by atoms with Gasteiger partial charge in [-0.1, -0.05) is 25.0 Å². The van der Waals surface area contributed by atoms with Gasteiger partial charge in [-0.3, -0.25) is 0 Å². The lowest BCUT2D eigenvalue weighted by Crippen LogP contribution is -2.40. The summed E-state index contributed by atoms with van der Waals surface area (Å²) in [6.07, 6.45) is 2.90. The highest BCUT2D eigenvalue weighted by Gasteiger charge is 2.38. The second-order valence-electron chi connectivity index (χ2n) is 4.66. The minimum absolute atomic E-state index is 0.280. The van der Waals surface area contributed by atoms with Crippen LogP contribution >= 0.6 is 0 Å². The molecule has 2 rings (SSSR count). The molecule has 1 fully saturated rings. The van der Waals surface area contributed by atoms with Gasteiger partial charge in [0.2, 0.25) is 0 Å². The van der Waals surface area contributed by atoms with Gasteiger partial charge in [-0.05, 0) is 30.5 Å². The van der Waals surface area contributed by atoms with Crippen LogP contribution in [0, 0.1) is 5.82 Å². The maximum Gasteiger partial charge on any atom is 0.123 e. The molecule has 2 nitrogen and oxygen atoms in total. The van der Waals surface area contributed by atoms with Crippen LogP contribution in [0.2, 0.25) is 0 Å². The van der Waals surface area contributed by atoms with Crippen LogP contribution in [0.5, 0.6) is 0 Å². The average Bonchev–Trinajstić information content (AvgIpc) is 2.70. The number of aliphatic hydroxyl groups excluding tert-OH is 1. The first-order chi connectivity index (χ1) is 7.60. The summed E-state index contributed by atoms with van der Waals surface area (Å²) in [6.45, 7) is 0. The minimum atomic E-state index is -0.936. The van der Waals surface area contributed by atoms with E-state index in [0.29, 0.717) is 19.3 Å². The molecule has 0 radical (unpaired) electrons. The van der Waals surface area contributed by atoms with Crippen LogP contribution in [-0.4, -0.2) is 21.9 Å². The molecule has 1 aromatic carbocycles. The van der Waals surface area contributed by atoms with Gasteiger partial charge in [-0.2, -0.15) is 0 Å². The number of hydrogen-bond acceptors (Lipinski definition) is 2. The average molecular weight is 224 g/mol. The Bertz CT molecular complexity index is 341. The van der Waals surface area contributed by atoms with E-state index in [2.05, 4.69) is 0 Å². The van der Waals surface area contributed by atoms with E-state index in [-0.39, 0.29) is 5.82 Å². The molecule has 1 saturated carbocycles. The second-order valence-corrected chi connectivity index (χ2v) is 4.66. The zero-order valence-electron chi connectivity index (χ0n) is 9.19. The van der Waals surface area contributed by atoms with Crippen molar-refractivity contribution in [2.45, 2.75) is 43.8 Å². The molecular weight excluding hydrogens is 207 g/mol. The molecule has 88 valence electrons. The van der Waals surface area contributed by atoms with Crippen molar-refractivity contribution in [2.24, 2.45) is 0 Å². The smallest absolute Gasteiger partial charge is 0.123 e. The van der Waals surface area contributed by atoms with Gasteiger partial charge in [-0.25, -0.2) is 4.39 Å². The first-order valence-electron chi connectivity index (χ1n) is 5.75. The molecule has 1 aromatic rings. The van der Waals surface area contributed by atoms with Crippen molar-refractivity contribution in [2.75, 3.05) is 0 Å². The standard InChI is InChI=1S/C13H17FO2/c14-11-5-3-10(4-6-11)9-12(15)13(16)7-1-2-8-13/h3-6,12,15-16H,1-2,7-9H2. The van der Waals surface area contributed by atoms with E-state index in [1.807, 2.05) is 0 Å². The van der Waals surface area contributed by atoms with Gasteiger partial charge >= 0.3 is 0 Å². The number of aliphatic hydroxyl groups is 2. The van der Waals surface area contributed by atoms with Crippen molar-refractivity contribution < 1.29 is 14.6 Å². The third kappa shape index (κ3) is 2.42. The van der Waals surface area contributed by atoms with Gasteiger partial charge in [0.05, 0.1) is 11.7 Å². The molecule has 0 bridgehead atoms. The van der Waals surface area contributed by atoms with Crippen molar-refractivity contribution in [1.82, 2.24) is 0 Å². The van der Waals surface area contributed by atoms with Gasteiger partial charge in [0.1, 0.15) is 5.82 Å². The Labute approximate surface area is 94.7 Å². The SMILES string of the molecule is OC(Cc1ccc(F)cc1)C1(O)CCCC1. The Kier molecular flexibility index (Phi) is 3.26. The summed E-state index contributed by atoms with van der Waals surface area (Å²) < 4.78 is 12.7. The molecule has 0 spiro atoms. The van der Waals surface area contributed by atoms with E-state index < -0.39 is 11.7 Å². The number of rotatable bonds is 3. The summed E-state index contributed by atoms with van der Waals surface area (Å²) in [5.41, 5.74) is -0.0804. The summed E-state index contributed by atoms with van der Waals surface area (Å²) in [5.74, 6) is -0.280. The van der Waals surface area contributed by atoms with Crippen LogP contribution in [0.1, 0.15) is 31.2 Å². The summed E-state index contributed by atoms with van der Waals surface area (Å²) in [5, 5.41) is 20.1. The largest absolute Gasteiger partial charge is 0.390 e. The van der Waals surface area contributed by atoms with Gasteiger partial charge in [-0.15, -0.1) is 0 Å². The normalized spacial score (nSPS) is 20.9. The molecule has 0 heterocycles.